The zero-order chi connectivity index (χ0) is 18.0. The molecule has 138 valence electrons. The minimum atomic E-state index is -3.09. The molecule has 1 aromatic carbocycles. The number of likely N-dealkylation sites (tertiary alicyclic amines) is 1. The highest BCUT2D eigenvalue weighted by Gasteiger charge is 2.35. The van der Waals surface area contributed by atoms with Gasteiger partial charge in [-0.1, -0.05) is 12.1 Å². The van der Waals surface area contributed by atoms with Crippen molar-refractivity contribution in [3.8, 4) is 5.75 Å². The number of benzene rings is 1. The Kier molecular flexibility index (Phi) is 5.34. The molecule has 3 rings (SSSR count). The van der Waals surface area contributed by atoms with E-state index in [0.717, 1.165) is 32.4 Å². The Morgan fingerprint density at radius 3 is 2.36 bits per heavy atom. The van der Waals surface area contributed by atoms with E-state index in [0.29, 0.717) is 36.2 Å². The lowest BCUT2D eigenvalue weighted by Crippen LogP contribution is -2.40. The van der Waals surface area contributed by atoms with Crippen LogP contribution in [-0.4, -0.2) is 63.1 Å². The number of piperidine rings is 1. The normalized spacial score (nSPS) is 23.0. The number of nitrogens with zero attached hydrogens (tertiary/aromatic N) is 2. The largest absolute Gasteiger partial charge is 0.496 e. The highest BCUT2D eigenvalue weighted by molar-refractivity contribution is 7.88. The third-order valence-corrected chi connectivity index (χ3v) is 6.79. The average Bonchev–Trinajstić information content (AvgIpc) is 3.10. The molecule has 0 radical (unpaired) electrons. The number of methoxy groups -OCH3 is 1. The highest BCUT2D eigenvalue weighted by atomic mass is 32.2. The molecule has 0 saturated carbocycles. The Bertz CT molecular complexity index is 726. The van der Waals surface area contributed by atoms with Gasteiger partial charge in [0.25, 0.3) is 5.91 Å². The smallest absolute Gasteiger partial charge is 0.257 e. The van der Waals surface area contributed by atoms with Crippen LogP contribution in [0.15, 0.2) is 24.3 Å². The van der Waals surface area contributed by atoms with Gasteiger partial charge < -0.3 is 9.64 Å². The summed E-state index contributed by atoms with van der Waals surface area (Å²) in [5.74, 6) is 1.58. The number of hydrogen-bond acceptors (Lipinski definition) is 4. The molecule has 7 heteroatoms. The number of rotatable bonds is 4. The van der Waals surface area contributed by atoms with E-state index in [4.69, 9.17) is 4.74 Å². The van der Waals surface area contributed by atoms with Crippen LogP contribution >= 0.6 is 0 Å². The lowest BCUT2D eigenvalue weighted by molar-refractivity contribution is 0.0775. The topological polar surface area (TPSA) is 66.9 Å². The first-order valence-corrected chi connectivity index (χ1v) is 10.6. The van der Waals surface area contributed by atoms with E-state index in [2.05, 4.69) is 0 Å². The molecule has 0 aliphatic carbocycles. The van der Waals surface area contributed by atoms with E-state index in [1.165, 1.54) is 6.26 Å². The van der Waals surface area contributed by atoms with Gasteiger partial charge in [-0.25, -0.2) is 12.7 Å². The fourth-order valence-electron chi connectivity index (χ4n) is 4.03. The van der Waals surface area contributed by atoms with Crippen molar-refractivity contribution in [1.82, 2.24) is 9.21 Å². The van der Waals surface area contributed by atoms with Crippen molar-refractivity contribution in [2.45, 2.75) is 19.3 Å². The number of sulfonamides is 1. The predicted octanol–water partition coefficient (Wildman–Crippen LogP) is 1.83. The van der Waals surface area contributed by atoms with E-state index in [-0.39, 0.29) is 5.91 Å². The molecule has 0 aromatic heterocycles. The fraction of sp³-hybridized carbons (Fsp3) is 0.611. The third-order valence-electron chi connectivity index (χ3n) is 5.48. The molecule has 1 aromatic rings. The molecule has 1 atom stereocenters. The molecule has 2 aliphatic rings. The van der Waals surface area contributed by atoms with Crippen LogP contribution in [0.4, 0.5) is 0 Å². The van der Waals surface area contributed by atoms with Gasteiger partial charge in [0, 0.05) is 26.2 Å². The second-order valence-electron chi connectivity index (χ2n) is 7.00. The van der Waals surface area contributed by atoms with Gasteiger partial charge >= 0.3 is 0 Å². The Labute approximate surface area is 149 Å². The van der Waals surface area contributed by atoms with E-state index in [1.807, 2.05) is 23.1 Å². The summed E-state index contributed by atoms with van der Waals surface area (Å²) >= 11 is 0. The van der Waals surface area contributed by atoms with Crippen molar-refractivity contribution in [3.63, 3.8) is 0 Å². The molecule has 1 unspecified atom stereocenters. The summed E-state index contributed by atoms with van der Waals surface area (Å²) in [4.78, 5) is 14.7. The third kappa shape index (κ3) is 3.98. The van der Waals surface area contributed by atoms with Crippen LogP contribution in [0.2, 0.25) is 0 Å². The van der Waals surface area contributed by atoms with Crippen molar-refractivity contribution in [2.75, 3.05) is 39.5 Å². The summed E-state index contributed by atoms with van der Waals surface area (Å²) in [5.41, 5.74) is 0.609. The SMILES string of the molecule is COc1ccccc1C(=O)N1CCC(C2CCN(S(C)(=O)=O)CC2)C1. The molecule has 0 bridgehead atoms. The van der Waals surface area contributed by atoms with Crippen molar-refractivity contribution >= 4 is 15.9 Å². The molecule has 6 nitrogen and oxygen atoms in total. The summed E-state index contributed by atoms with van der Waals surface area (Å²) in [7, 11) is -1.51. The maximum atomic E-state index is 12.8. The van der Waals surface area contributed by atoms with Gasteiger partial charge in [0.05, 0.1) is 18.9 Å². The summed E-state index contributed by atoms with van der Waals surface area (Å²) in [6, 6.07) is 7.32. The lowest BCUT2D eigenvalue weighted by atomic mass is 9.84. The van der Waals surface area contributed by atoms with Crippen molar-refractivity contribution in [2.24, 2.45) is 11.8 Å². The zero-order valence-electron chi connectivity index (χ0n) is 14.8. The van der Waals surface area contributed by atoms with E-state index in [9.17, 15) is 13.2 Å². The van der Waals surface area contributed by atoms with E-state index in [1.54, 1.807) is 17.5 Å². The minimum Gasteiger partial charge on any atom is -0.496 e. The summed E-state index contributed by atoms with van der Waals surface area (Å²) < 4.78 is 30.1. The number of carbonyl (C=O) groups excluding carboxylic acids is 1. The number of carbonyl (C=O) groups is 1. The van der Waals surface area contributed by atoms with Crippen molar-refractivity contribution in [3.05, 3.63) is 29.8 Å². The first kappa shape index (κ1) is 18.2. The number of amides is 1. The number of para-hydroxylation sites is 1. The molecule has 2 saturated heterocycles. The first-order valence-electron chi connectivity index (χ1n) is 8.77. The molecular formula is C18H26N2O4S. The minimum absolute atomic E-state index is 0.0218. The summed E-state index contributed by atoms with van der Waals surface area (Å²) in [6.45, 7) is 2.70. The van der Waals surface area contributed by atoms with Gasteiger partial charge in [-0.2, -0.15) is 0 Å². The van der Waals surface area contributed by atoms with Crippen LogP contribution in [0.5, 0.6) is 5.75 Å². The number of hydrogen-bond donors (Lipinski definition) is 0. The standard InChI is InChI=1S/C18H26N2O4S/c1-24-17-6-4-3-5-16(17)18(21)19-10-7-15(13-19)14-8-11-20(12-9-14)25(2,22)23/h3-6,14-15H,7-13H2,1-2H3. The average molecular weight is 366 g/mol. The predicted molar refractivity (Wildman–Crippen MR) is 96.1 cm³/mol. The Morgan fingerprint density at radius 1 is 1.08 bits per heavy atom. The maximum absolute atomic E-state index is 12.8. The van der Waals surface area contributed by atoms with Crippen LogP contribution in [0.25, 0.3) is 0 Å². The molecule has 2 fully saturated rings. The van der Waals surface area contributed by atoms with Crippen LogP contribution in [0, 0.1) is 11.8 Å². The van der Waals surface area contributed by atoms with Crippen LogP contribution in [-0.2, 0) is 10.0 Å². The quantitative estimate of drug-likeness (QED) is 0.815. The van der Waals surface area contributed by atoms with Gasteiger partial charge in [0.1, 0.15) is 5.75 Å². The Balaban J connectivity index is 1.60. The molecule has 0 N–H and O–H groups in total. The fourth-order valence-corrected chi connectivity index (χ4v) is 4.90. The molecule has 0 spiro atoms. The first-order chi connectivity index (χ1) is 11.9. The molecule has 2 aliphatic heterocycles. The van der Waals surface area contributed by atoms with Gasteiger partial charge in [0.2, 0.25) is 10.0 Å². The van der Waals surface area contributed by atoms with Gasteiger partial charge in [-0.3, -0.25) is 4.79 Å². The van der Waals surface area contributed by atoms with Crippen molar-refractivity contribution in [1.29, 1.82) is 0 Å². The zero-order valence-corrected chi connectivity index (χ0v) is 15.7. The van der Waals surface area contributed by atoms with Gasteiger partial charge in [-0.05, 0) is 43.2 Å². The summed E-state index contributed by atoms with van der Waals surface area (Å²) in [6.07, 6.45) is 4.03. The molecular weight excluding hydrogens is 340 g/mol. The van der Waals surface area contributed by atoms with Crippen LogP contribution in [0.3, 0.4) is 0 Å². The van der Waals surface area contributed by atoms with Gasteiger partial charge in [-0.15, -0.1) is 0 Å². The highest BCUT2D eigenvalue weighted by Crippen LogP contribution is 2.33. The summed E-state index contributed by atoms with van der Waals surface area (Å²) in [5, 5.41) is 0. The molecule has 2 heterocycles. The lowest BCUT2D eigenvalue weighted by Gasteiger charge is -2.33. The van der Waals surface area contributed by atoms with Gasteiger partial charge in [0.15, 0.2) is 0 Å². The Hall–Kier alpha value is -1.60. The maximum Gasteiger partial charge on any atom is 0.257 e. The Morgan fingerprint density at radius 2 is 1.72 bits per heavy atom. The molecule has 1 amide bonds. The second-order valence-corrected chi connectivity index (χ2v) is 8.98. The van der Waals surface area contributed by atoms with Crippen molar-refractivity contribution < 1.29 is 17.9 Å². The second kappa shape index (κ2) is 7.33. The monoisotopic (exact) mass is 366 g/mol. The molecule has 25 heavy (non-hydrogen) atoms. The van der Waals surface area contributed by atoms with Crippen LogP contribution in [0.1, 0.15) is 29.6 Å². The van der Waals surface area contributed by atoms with E-state index >= 15 is 0 Å². The van der Waals surface area contributed by atoms with E-state index < -0.39 is 10.0 Å². The number of ether oxygens (including phenoxy) is 1. The van der Waals surface area contributed by atoms with Crippen LogP contribution < -0.4 is 4.74 Å².